The van der Waals surface area contributed by atoms with Crippen molar-refractivity contribution in [2.45, 2.75) is 77.7 Å². The van der Waals surface area contributed by atoms with Gasteiger partial charge < -0.3 is 5.11 Å². The van der Waals surface area contributed by atoms with Gasteiger partial charge in [0, 0.05) is 4.47 Å². The molecule has 0 saturated carbocycles. The van der Waals surface area contributed by atoms with Crippen molar-refractivity contribution in [1.82, 2.24) is 0 Å². The normalized spacial score (nSPS) is 12.6. The van der Waals surface area contributed by atoms with Gasteiger partial charge in [0.15, 0.2) is 0 Å². The summed E-state index contributed by atoms with van der Waals surface area (Å²) in [6.45, 7) is 4.32. The Morgan fingerprint density at radius 3 is 2.20 bits per heavy atom. The van der Waals surface area contributed by atoms with Crippen LogP contribution in [-0.4, -0.2) is 5.11 Å². The lowest BCUT2D eigenvalue weighted by molar-refractivity contribution is 0.163. The molecule has 0 aliphatic heterocycles. The summed E-state index contributed by atoms with van der Waals surface area (Å²) in [5.74, 6) is 0. The Morgan fingerprint density at radius 1 is 1.00 bits per heavy atom. The van der Waals surface area contributed by atoms with Gasteiger partial charge in [-0.25, -0.2) is 0 Å². The molecule has 0 aromatic heterocycles. The fraction of sp³-hybridized carbons (Fsp3) is 0.667. The molecule has 114 valence electrons. The van der Waals surface area contributed by atoms with Crippen molar-refractivity contribution in [3.8, 4) is 0 Å². The number of hydrogen-bond acceptors (Lipinski definition) is 1. The molecule has 20 heavy (non-hydrogen) atoms. The van der Waals surface area contributed by atoms with Gasteiger partial charge in [0.1, 0.15) is 0 Å². The Hall–Kier alpha value is -0.340. The zero-order chi connectivity index (χ0) is 14.8. The van der Waals surface area contributed by atoms with Crippen LogP contribution in [0.3, 0.4) is 0 Å². The number of benzene rings is 1. The number of aryl methyl sites for hydroxylation is 1. The SMILES string of the molecule is CCCCCCCCCCC(O)c1ccc(Br)c(C)c1. The van der Waals surface area contributed by atoms with E-state index < -0.39 is 0 Å². The predicted octanol–water partition coefficient (Wildman–Crippen LogP) is 6.32. The number of halogens is 1. The van der Waals surface area contributed by atoms with Gasteiger partial charge in [-0.3, -0.25) is 0 Å². The van der Waals surface area contributed by atoms with E-state index in [1.165, 1.54) is 50.5 Å². The van der Waals surface area contributed by atoms with E-state index in [2.05, 4.69) is 35.8 Å². The highest BCUT2D eigenvalue weighted by Gasteiger charge is 2.08. The van der Waals surface area contributed by atoms with Crippen LogP contribution in [0.2, 0.25) is 0 Å². The highest BCUT2D eigenvalue weighted by atomic mass is 79.9. The molecule has 1 atom stereocenters. The first-order valence-electron chi connectivity index (χ1n) is 8.09. The van der Waals surface area contributed by atoms with E-state index in [1.807, 2.05) is 12.1 Å². The van der Waals surface area contributed by atoms with Gasteiger partial charge in [-0.15, -0.1) is 0 Å². The quantitative estimate of drug-likeness (QED) is 0.494. The van der Waals surface area contributed by atoms with Gasteiger partial charge in [-0.2, -0.15) is 0 Å². The van der Waals surface area contributed by atoms with Crippen LogP contribution in [0.15, 0.2) is 22.7 Å². The van der Waals surface area contributed by atoms with E-state index in [0.717, 1.165) is 22.9 Å². The summed E-state index contributed by atoms with van der Waals surface area (Å²) >= 11 is 3.50. The van der Waals surface area contributed by atoms with E-state index in [1.54, 1.807) is 0 Å². The Bertz CT molecular complexity index is 376. The van der Waals surface area contributed by atoms with Gasteiger partial charge >= 0.3 is 0 Å². The van der Waals surface area contributed by atoms with Crippen molar-refractivity contribution in [2.75, 3.05) is 0 Å². The van der Waals surface area contributed by atoms with E-state index >= 15 is 0 Å². The summed E-state index contributed by atoms with van der Waals surface area (Å²) in [6, 6.07) is 6.13. The third-order valence-corrected chi connectivity index (χ3v) is 4.79. The molecule has 0 spiro atoms. The minimum Gasteiger partial charge on any atom is -0.388 e. The molecule has 1 aromatic rings. The van der Waals surface area contributed by atoms with Crippen LogP contribution in [0.1, 0.15) is 81.9 Å². The first-order valence-corrected chi connectivity index (χ1v) is 8.88. The zero-order valence-electron chi connectivity index (χ0n) is 13.0. The Morgan fingerprint density at radius 2 is 1.60 bits per heavy atom. The lowest BCUT2D eigenvalue weighted by atomic mass is 10.0. The van der Waals surface area contributed by atoms with Crippen molar-refractivity contribution in [1.29, 1.82) is 0 Å². The molecule has 0 fully saturated rings. The van der Waals surface area contributed by atoms with E-state index in [9.17, 15) is 5.11 Å². The van der Waals surface area contributed by atoms with Crippen molar-refractivity contribution in [3.05, 3.63) is 33.8 Å². The third kappa shape index (κ3) is 6.90. The van der Waals surface area contributed by atoms with Gasteiger partial charge in [0.25, 0.3) is 0 Å². The predicted molar refractivity (Wildman–Crippen MR) is 91.1 cm³/mol. The molecule has 0 amide bonds. The second-order valence-electron chi connectivity index (χ2n) is 5.79. The van der Waals surface area contributed by atoms with Crippen LogP contribution in [0.4, 0.5) is 0 Å². The topological polar surface area (TPSA) is 20.2 Å². The average Bonchev–Trinajstić information content (AvgIpc) is 2.44. The molecule has 1 unspecified atom stereocenters. The van der Waals surface area contributed by atoms with E-state index in [0.29, 0.717) is 0 Å². The molecule has 0 bridgehead atoms. The average molecular weight is 341 g/mol. The maximum atomic E-state index is 10.2. The van der Waals surface area contributed by atoms with Crippen molar-refractivity contribution < 1.29 is 5.11 Å². The van der Waals surface area contributed by atoms with Crippen LogP contribution in [0, 0.1) is 6.92 Å². The van der Waals surface area contributed by atoms with E-state index in [4.69, 9.17) is 0 Å². The molecule has 0 saturated heterocycles. The lowest BCUT2D eigenvalue weighted by Crippen LogP contribution is -1.98. The summed E-state index contributed by atoms with van der Waals surface area (Å²) < 4.78 is 1.11. The molecule has 0 heterocycles. The number of aliphatic hydroxyl groups is 1. The number of hydrogen-bond donors (Lipinski definition) is 1. The van der Waals surface area contributed by atoms with Crippen LogP contribution in [0.25, 0.3) is 0 Å². The summed E-state index contributed by atoms with van der Waals surface area (Å²) in [7, 11) is 0. The minimum absolute atomic E-state index is 0.304. The van der Waals surface area contributed by atoms with E-state index in [-0.39, 0.29) is 6.10 Å². The molecule has 1 rings (SSSR count). The minimum atomic E-state index is -0.304. The van der Waals surface area contributed by atoms with Crippen LogP contribution < -0.4 is 0 Å². The fourth-order valence-corrected chi connectivity index (χ4v) is 2.76. The molecule has 0 radical (unpaired) electrons. The first kappa shape index (κ1) is 17.7. The first-order chi connectivity index (χ1) is 9.65. The highest BCUT2D eigenvalue weighted by Crippen LogP contribution is 2.24. The Labute approximate surface area is 132 Å². The summed E-state index contributed by atoms with van der Waals surface area (Å²) in [5, 5.41) is 10.2. The standard InChI is InChI=1S/C18H29BrO/c1-3-4-5-6-7-8-9-10-11-18(20)16-12-13-17(19)15(2)14-16/h12-14,18,20H,3-11H2,1-2H3. The molecule has 0 aliphatic carbocycles. The van der Waals surface area contributed by atoms with Gasteiger partial charge in [-0.05, 0) is 30.5 Å². The molecule has 1 aromatic carbocycles. The van der Waals surface area contributed by atoms with Crippen molar-refractivity contribution in [3.63, 3.8) is 0 Å². The van der Waals surface area contributed by atoms with Gasteiger partial charge in [0.2, 0.25) is 0 Å². The smallest absolute Gasteiger partial charge is 0.0790 e. The molecule has 2 heteroatoms. The fourth-order valence-electron chi connectivity index (χ4n) is 2.51. The summed E-state index contributed by atoms with van der Waals surface area (Å²) in [6.07, 6.45) is 11.1. The summed E-state index contributed by atoms with van der Waals surface area (Å²) in [5.41, 5.74) is 2.24. The second-order valence-corrected chi connectivity index (χ2v) is 6.64. The van der Waals surface area contributed by atoms with Crippen LogP contribution in [-0.2, 0) is 0 Å². The van der Waals surface area contributed by atoms with Gasteiger partial charge in [-0.1, -0.05) is 86.4 Å². The largest absolute Gasteiger partial charge is 0.388 e. The second kappa shape index (κ2) is 10.4. The number of aliphatic hydroxyl groups excluding tert-OH is 1. The third-order valence-electron chi connectivity index (χ3n) is 3.90. The molecular formula is C18H29BrO. The molecule has 1 N–H and O–H groups in total. The Kier molecular flexibility index (Phi) is 9.21. The van der Waals surface area contributed by atoms with Gasteiger partial charge in [0.05, 0.1) is 6.10 Å². The highest BCUT2D eigenvalue weighted by molar-refractivity contribution is 9.10. The molecule has 0 aliphatic rings. The number of rotatable bonds is 10. The maximum Gasteiger partial charge on any atom is 0.0790 e. The molecular weight excluding hydrogens is 312 g/mol. The van der Waals surface area contributed by atoms with Crippen LogP contribution in [0.5, 0.6) is 0 Å². The van der Waals surface area contributed by atoms with Crippen molar-refractivity contribution in [2.24, 2.45) is 0 Å². The van der Waals surface area contributed by atoms with Crippen LogP contribution >= 0.6 is 15.9 Å². The van der Waals surface area contributed by atoms with Crippen molar-refractivity contribution >= 4 is 15.9 Å². The zero-order valence-corrected chi connectivity index (χ0v) is 14.6. The maximum absolute atomic E-state index is 10.2. The molecule has 1 nitrogen and oxygen atoms in total. The lowest BCUT2D eigenvalue weighted by Gasteiger charge is -2.12. The number of unbranched alkanes of at least 4 members (excludes halogenated alkanes) is 7. The Balaban J connectivity index is 2.13. The monoisotopic (exact) mass is 340 g/mol. The summed E-state index contributed by atoms with van der Waals surface area (Å²) in [4.78, 5) is 0.